The number of ether oxygens (including phenoxy) is 2. The SMILES string of the molecule is COCCC1(CN=C(NCCc2ccco2)NCC2CCCCO2)CC1.I. The lowest BCUT2D eigenvalue weighted by Crippen LogP contribution is -2.43. The van der Waals surface area contributed by atoms with E-state index < -0.39 is 0 Å². The molecular formula is C20H34IN3O3. The van der Waals surface area contributed by atoms with Crippen molar-refractivity contribution in [3.05, 3.63) is 24.2 Å². The van der Waals surface area contributed by atoms with Gasteiger partial charge in [0.25, 0.3) is 0 Å². The Kier molecular flexibility index (Phi) is 9.92. The highest BCUT2D eigenvalue weighted by Gasteiger charge is 2.41. The Hall–Kier alpha value is -0.800. The number of hydrogen-bond donors (Lipinski definition) is 2. The van der Waals surface area contributed by atoms with Gasteiger partial charge in [-0.2, -0.15) is 0 Å². The molecule has 27 heavy (non-hydrogen) atoms. The van der Waals surface area contributed by atoms with Crippen LogP contribution in [0.1, 0.15) is 44.3 Å². The van der Waals surface area contributed by atoms with Crippen molar-refractivity contribution in [1.82, 2.24) is 10.6 Å². The maximum absolute atomic E-state index is 5.83. The monoisotopic (exact) mass is 491 g/mol. The number of methoxy groups -OCH3 is 1. The Balaban J connectivity index is 0.00000261. The standard InChI is InChI=1S/C20H33N3O3.HI/c1-24-14-10-20(8-9-20)16-23-19(21-11-7-17-6-4-13-25-17)22-15-18-5-2-3-12-26-18;/h4,6,13,18H,2-3,5,7-12,14-16H2,1H3,(H2,21,22,23);1H. The number of furan rings is 1. The molecule has 1 aliphatic carbocycles. The van der Waals surface area contributed by atoms with Gasteiger partial charge in [0.15, 0.2) is 5.96 Å². The lowest BCUT2D eigenvalue weighted by molar-refractivity contribution is 0.0194. The topological polar surface area (TPSA) is 68.0 Å². The summed E-state index contributed by atoms with van der Waals surface area (Å²) >= 11 is 0. The normalized spacial score (nSPS) is 21.4. The van der Waals surface area contributed by atoms with Crippen molar-refractivity contribution in [2.75, 3.05) is 40.0 Å². The van der Waals surface area contributed by atoms with Crippen LogP contribution in [0, 0.1) is 5.41 Å². The predicted molar refractivity (Wildman–Crippen MR) is 118 cm³/mol. The molecule has 6 nitrogen and oxygen atoms in total. The highest BCUT2D eigenvalue weighted by Crippen LogP contribution is 2.48. The third kappa shape index (κ3) is 7.99. The van der Waals surface area contributed by atoms with E-state index in [0.717, 1.165) is 63.8 Å². The van der Waals surface area contributed by atoms with Gasteiger partial charge in [0.2, 0.25) is 0 Å². The molecule has 0 aromatic carbocycles. The van der Waals surface area contributed by atoms with Crippen molar-refractivity contribution in [3.8, 4) is 0 Å². The molecule has 7 heteroatoms. The number of rotatable bonds is 10. The first kappa shape index (κ1) is 22.5. The molecule has 0 radical (unpaired) electrons. The van der Waals surface area contributed by atoms with E-state index in [1.165, 1.54) is 25.7 Å². The summed E-state index contributed by atoms with van der Waals surface area (Å²) in [5.41, 5.74) is 0.354. The summed E-state index contributed by atoms with van der Waals surface area (Å²) in [6, 6.07) is 3.93. The maximum Gasteiger partial charge on any atom is 0.191 e. The van der Waals surface area contributed by atoms with Gasteiger partial charge in [-0.3, -0.25) is 4.99 Å². The second kappa shape index (κ2) is 11.9. The van der Waals surface area contributed by atoms with Gasteiger partial charge in [0, 0.05) is 46.4 Å². The minimum Gasteiger partial charge on any atom is -0.469 e. The van der Waals surface area contributed by atoms with Gasteiger partial charge in [-0.05, 0) is 56.1 Å². The van der Waals surface area contributed by atoms with Gasteiger partial charge in [0.1, 0.15) is 5.76 Å². The van der Waals surface area contributed by atoms with Crippen molar-refractivity contribution in [2.24, 2.45) is 10.4 Å². The molecule has 1 aromatic heterocycles. The molecule has 1 aromatic rings. The highest BCUT2D eigenvalue weighted by atomic mass is 127. The van der Waals surface area contributed by atoms with E-state index in [-0.39, 0.29) is 24.0 Å². The number of hydrogen-bond acceptors (Lipinski definition) is 4. The van der Waals surface area contributed by atoms with E-state index in [2.05, 4.69) is 10.6 Å². The quantitative estimate of drug-likeness (QED) is 0.299. The largest absolute Gasteiger partial charge is 0.469 e. The van der Waals surface area contributed by atoms with Crippen LogP contribution in [0.5, 0.6) is 0 Å². The summed E-state index contributed by atoms with van der Waals surface area (Å²) in [7, 11) is 1.77. The van der Waals surface area contributed by atoms with Gasteiger partial charge < -0.3 is 24.5 Å². The fourth-order valence-corrected chi connectivity index (χ4v) is 3.34. The van der Waals surface area contributed by atoms with Crippen LogP contribution >= 0.6 is 24.0 Å². The van der Waals surface area contributed by atoms with Crippen LogP contribution in [0.3, 0.4) is 0 Å². The molecule has 1 atom stereocenters. The van der Waals surface area contributed by atoms with E-state index in [1.807, 2.05) is 12.1 Å². The number of halogens is 1. The average molecular weight is 491 g/mol. The van der Waals surface area contributed by atoms with Crippen LogP contribution in [0.4, 0.5) is 0 Å². The molecular weight excluding hydrogens is 457 g/mol. The molecule has 2 aliphatic rings. The van der Waals surface area contributed by atoms with E-state index in [0.29, 0.717) is 11.5 Å². The molecule has 1 saturated heterocycles. The second-order valence-electron chi connectivity index (χ2n) is 7.53. The first-order chi connectivity index (χ1) is 12.8. The van der Waals surface area contributed by atoms with Crippen LogP contribution in [-0.4, -0.2) is 52.0 Å². The number of guanidine groups is 1. The van der Waals surface area contributed by atoms with Crippen molar-refractivity contribution in [1.29, 1.82) is 0 Å². The van der Waals surface area contributed by atoms with E-state index in [4.69, 9.17) is 18.9 Å². The van der Waals surface area contributed by atoms with E-state index in [9.17, 15) is 0 Å². The number of nitrogens with one attached hydrogen (secondary N) is 2. The Morgan fingerprint density at radius 1 is 1.33 bits per heavy atom. The van der Waals surface area contributed by atoms with Gasteiger partial charge in [-0.25, -0.2) is 0 Å². The molecule has 2 heterocycles. The van der Waals surface area contributed by atoms with Crippen molar-refractivity contribution in [3.63, 3.8) is 0 Å². The Morgan fingerprint density at radius 2 is 2.22 bits per heavy atom. The molecule has 0 amide bonds. The zero-order valence-corrected chi connectivity index (χ0v) is 18.7. The summed E-state index contributed by atoms with van der Waals surface area (Å²) in [6.45, 7) is 4.18. The van der Waals surface area contributed by atoms with Crippen LogP contribution in [0.2, 0.25) is 0 Å². The predicted octanol–water partition coefficient (Wildman–Crippen LogP) is 3.36. The fraction of sp³-hybridized carbons (Fsp3) is 0.750. The molecule has 2 fully saturated rings. The van der Waals surface area contributed by atoms with Crippen molar-refractivity contribution in [2.45, 2.75) is 51.0 Å². The molecule has 1 aliphatic heterocycles. The lowest BCUT2D eigenvalue weighted by Gasteiger charge is -2.24. The smallest absolute Gasteiger partial charge is 0.191 e. The molecule has 1 saturated carbocycles. The second-order valence-corrected chi connectivity index (χ2v) is 7.53. The minimum atomic E-state index is 0. The Labute approximate surface area is 179 Å². The van der Waals surface area contributed by atoms with Crippen LogP contribution in [0.15, 0.2) is 27.8 Å². The maximum atomic E-state index is 5.83. The van der Waals surface area contributed by atoms with E-state index >= 15 is 0 Å². The number of nitrogens with zero attached hydrogens (tertiary/aromatic N) is 1. The Bertz CT molecular complexity index is 541. The summed E-state index contributed by atoms with van der Waals surface area (Å²) < 4.78 is 16.5. The van der Waals surface area contributed by atoms with Gasteiger partial charge in [-0.15, -0.1) is 24.0 Å². The van der Waals surface area contributed by atoms with Crippen molar-refractivity contribution >= 4 is 29.9 Å². The van der Waals surface area contributed by atoms with Gasteiger partial charge in [-0.1, -0.05) is 0 Å². The third-order valence-corrected chi connectivity index (χ3v) is 5.38. The molecule has 0 spiro atoms. The molecule has 3 rings (SSSR count). The van der Waals surface area contributed by atoms with Crippen LogP contribution in [0.25, 0.3) is 0 Å². The summed E-state index contributed by atoms with van der Waals surface area (Å²) in [5, 5.41) is 6.92. The highest BCUT2D eigenvalue weighted by molar-refractivity contribution is 14.0. The van der Waals surface area contributed by atoms with Crippen LogP contribution < -0.4 is 10.6 Å². The van der Waals surface area contributed by atoms with Gasteiger partial charge >= 0.3 is 0 Å². The molecule has 154 valence electrons. The summed E-state index contributed by atoms with van der Waals surface area (Å²) in [5.74, 6) is 1.88. The first-order valence-corrected chi connectivity index (χ1v) is 9.95. The zero-order valence-electron chi connectivity index (χ0n) is 16.4. The lowest BCUT2D eigenvalue weighted by atomic mass is 10.0. The molecule has 1 unspecified atom stereocenters. The average Bonchev–Trinajstić information content (AvgIpc) is 3.26. The van der Waals surface area contributed by atoms with E-state index in [1.54, 1.807) is 13.4 Å². The summed E-state index contributed by atoms with van der Waals surface area (Å²) in [4.78, 5) is 4.87. The van der Waals surface area contributed by atoms with Gasteiger partial charge in [0.05, 0.1) is 12.4 Å². The summed E-state index contributed by atoms with van der Waals surface area (Å²) in [6.07, 6.45) is 10.0. The zero-order chi connectivity index (χ0) is 18.1. The molecule has 2 N–H and O–H groups in total. The third-order valence-electron chi connectivity index (χ3n) is 5.38. The fourth-order valence-electron chi connectivity index (χ4n) is 3.34. The first-order valence-electron chi connectivity index (χ1n) is 9.95. The van der Waals surface area contributed by atoms with Crippen LogP contribution in [-0.2, 0) is 15.9 Å². The minimum absolute atomic E-state index is 0. The number of aliphatic imine (C=N–C) groups is 1. The Morgan fingerprint density at radius 3 is 2.89 bits per heavy atom. The molecule has 0 bridgehead atoms. The van der Waals surface area contributed by atoms with Crippen molar-refractivity contribution < 1.29 is 13.9 Å².